The number of nitrogens with zero attached hydrogens (tertiary/aromatic N) is 4. The summed E-state index contributed by atoms with van der Waals surface area (Å²) in [6.07, 6.45) is -2.49. The van der Waals surface area contributed by atoms with Gasteiger partial charge in [0.1, 0.15) is 17.2 Å². The number of nitrogens with one attached hydrogen (secondary N) is 3. The topological polar surface area (TPSA) is 109 Å². The number of ether oxygens (including phenoxy) is 1. The second-order valence-electron chi connectivity index (χ2n) is 8.50. The first-order valence-electron chi connectivity index (χ1n) is 11.3. The van der Waals surface area contributed by atoms with Crippen LogP contribution >= 0.6 is 0 Å². The van der Waals surface area contributed by atoms with Crippen molar-refractivity contribution < 1.29 is 31.5 Å². The predicted octanol–water partition coefficient (Wildman–Crippen LogP) is 4.54. The zero-order valence-corrected chi connectivity index (χ0v) is 19.1. The van der Waals surface area contributed by atoms with Gasteiger partial charge < -0.3 is 15.0 Å². The van der Waals surface area contributed by atoms with Crippen LogP contribution in [0.2, 0.25) is 0 Å². The molecule has 1 unspecified atom stereocenters. The van der Waals surface area contributed by atoms with E-state index in [1.54, 1.807) is 18.2 Å². The maximum Gasteiger partial charge on any atom is 0.490 e. The molecule has 9 nitrogen and oxygen atoms in total. The Balaban J connectivity index is 1.34. The summed E-state index contributed by atoms with van der Waals surface area (Å²) < 4.78 is 72.9. The molecule has 0 amide bonds. The minimum absolute atomic E-state index is 0.00896. The number of carbonyl (C=O) groups excluding carboxylic acids is 1. The fraction of sp³-hybridized carbons (Fsp3) is 0.167. The van der Waals surface area contributed by atoms with Crippen LogP contribution in [0.4, 0.5) is 33.6 Å². The Morgan fingerprint density at radius 2 is 1.97 bits per heavy atom. The fourth-order valence-corrected chi connectivity index (χ4v) is 4.41. The molecule has 5 aromatic rings. The SMILES string of the molecule is O=C(OC1NCCc2[nH]c3ccc(Nc4ncc(F)c(-c5cnc6ccc(F)cn56)n4)cc3c21)C(F)(F)F. The third-order valence-corrected chi connectivity index (χ3v) is 6.06. The van der Waals surface area contributed by atoms with Crippen LogP contribution in [0, 0.1) is 11.6 Å². The summed E-state index contributed by atoms with van der Waals surface area (Å²) in [6, 6.07) is 7.66. The van der Waals surface area contributed by atoms with E-state index in [9.17, 15) is 26.7 Å². The van der Waals surface area contributed by atoms with Crippen LogP contribution < -0.4 is 10.6 Å². The smallest absolute Gasteiger partial charge is 0.435 e. The summed E-state index contributed by atoms with van der Waals surface area (Å²) in [5.41, 5.74) is 2.54. The van der Waals surface area contributed by atoms with Crippen molar-refractivity contribution in [2.24, 2.45) is 0 Å². The molecule has 1 aliphatic heterocycles. The molecule has 194 valence electrons. The maximum absolute atomic E-state index is 14.7. The Bertz CT molecular complexity index is 1710. The molecule has 1 atom stereocenters. The van der Waals surface area contributed by atoms with Crippen LogP contribution in [-0.4, -0.2) is 43.0 Å². The monoisotopic (exact) mass is 529 g/mol. The van der Waals surface area contributed by atoms with E-state index in [2.05, 4.69) is 30.6 Å². The van der Waals surface area contributed by atoms with E-state index in [1.165, 1.54) is 22.7 Å². The number of aromatic nitrogens is 5. The van der Waals surface area contributed by atoms with E-state index in [0.717, 1.165) is 12.4 Å². The molecule has 0 fully saturated rings. The molecule has 0 spiro atoms. The van der Waals surface area contributed by atoms with Crippen molar-refractivity contribution in [2.75, 3.05) is 11.9 Å². The lowest BCUT2D eigenvalue weighted by Crippen LogP contribution is -2.36. The Morgan fingerprint density at radius 3 is 2.79 bits per heavy atom. The van der Waals surface area contributed by atoms with Crippen molar-refractivity contribution in [1.29, 1.82) is 0 Å². The zero-order chi connectivity index (χ0) is 26.6. The van der Waals surface area contributed by atoms with Gasteiger partial charge >= 0.3 is 12.1 Å². The molecule has 3 N–H and O–H groups in total. The molecular formula is C24H16F5N7O2. The third-order valence-electron chi connectivity index (χ3n) is 6.06. The fourth-order valence-electron chi connectivity index (χ4n) is 4.41. The van der Waals surface area contributed by atoms with Gasteiger partial charge in [0, 0.05) is 47.0 Å². The highest BCUT2D eigenvalue weighted by Crippen LogP contribution is 2.35. The quantitative estimate of drug-likeness (QED) is 0.232. The van der Waals surface area contributed by atoms with Gasteiger partial charge in [0.25, 0.3) is 0 Å². The van der Waals surface area contributed by atoms with E-state index < -0.39 is 30.0 Å². The molecule has 0 saturated heterocycles. The highest BCUT2D eigenvalue weighted by Gasteiger charge is 2.43. The standard InChI is InChI=1S/C24H16F5N7O2/c25-11-1-4-18-31-9-17(36(18)10-11)20-14(26)8-32-23(35-20)33-12-2-3-15-13(7-12)19-16(34-15)5-6-30-21(19)38-22(37)24(27,28)29/h1-4,7-10,21,30,34H,5-6H2,(H,32,33,35). The first kappa shape index (κ1) is 23.8. The van der Waals surface area contributed by atoms with Gasteiger partial charge in [0.2, 0.25) is 5.95 Å². The number of imidazole rings is 1. The van der Waals surface area contributed by atoms with Gasteiger partial charge in [-0.25, -0.2) is 28.5 Å². The number of esters is 1. The van der Waals surface area contributed by atoms with Crippen molar-refractivity contribution in [3.63, 3.8) is 0 Å². The van der Waals surface area contributed by atoms with E-state index >= 15 is 0 Å². The Labute approximate surface area is 209 Å². The number of anilines is 2. The predicted molar refractivity (Wildman–Crippen MR) is 124 cm³/mol. The van der Waals surface area contributed by atoms with Gasteiger partial charge in [-0.2, -0.15) is 13.2 Å². The molecular weight excluding hydrogens is 513 g/mol. The van der Waals surface area contributed by atoms with Crippen molar-refractivity contribution in [1.82, 2.24) is 29.7 Å². The number of H-pyrrole nitrogens is 1. The van der Waals surface area contributed by atoms with Gasteiger partial charge in [0.15, 0.2) is 12.0 Å². The summed E-state index contributed by atoms with van der Waals surface area (Å²) in [7, 11) is 0. The van der Waals surface area contributed by atoms with Gasteiger partial charge in [0.05, 0.1) is 18.1 Å². The third kappa shape index (κ3) is 4.18. The molecule has 1 aromatic carbocycles. The average Bonchev–Trinajstić information content (AvgIpc) is 3.46. The van der Waals surface area contributed by atoms with Crippen LogP contribution in [-0.2, 0) is 16.0 Å². The number of halogens is 5. The molecule has 0 bridgehead atoms. The Morgan fingerprint density at radius 1 is 1.13 bits per heavy atom. The highest BCUT2D eigenvalue weighted by atomic mass is 19.4. The summed E-state index contributed by atoms with van der Waals surface area (Å²) >= 11 is 0. The molecule has 1 aliphatic rings. The van der Waals surface area contributed by atoms with Crippen molar-refractivity contribution in [2.45, 2.75) is 18.8 Å². The number of hydrogen-bond donors (Lipinski definition) is 3. The number of pyridine rings is 1. The first-order valence-corrected chi connectivity index (χ1v) is 11.3. The number of aromatic amines is 1. The Hall–Kier alpha value is -4.59. The minimum Gasteiger partial charge on any atom is -0.435 e. The lowest BCUT2D eigenvalue weighted by Gasteiger charge is -2.25. The first-order chi connectivity index (χ1) is 18.2. The van der Waals surface area contributed by atoms with Crippen LogP contribution in [0.1, 0.15) is 17.5 Å². The number of alkyl halides is 3. The lowest BCUT2D eigenvalue weighted by molar-refractivity contribution is -0.207. The average molecular weight is 529 g/mol. The Kier molecular flexibility index (Phi) is 5.48. The summed E-state index contributed by atoms with van der Waals surface area (Å²) in [5.74, 6) is -3.58. The summed E-state index contributed by atoms with van der Waals surface area (Å²) in [5, 5.41) is 6.25. The molecule has 14 heteroatoms. The normalized spacial score (nSPS) is 15.6. The second-order valence-corrected chi connectivity index (χ2v) is 8.50. The molecule has 0 saturated carbocycles. The van der Waals surface area contributed by atoms with Crippen LogP contribution in [0.5, 0.6) is 0 Å². The van der Waals surface area contributed by atoms with Gasteiger partial charge in [-0.1, -0.05) is 0 Å². The minimum atomic E-state index is -5.14. The summed E-state index contributed by atoms with van der Waals surface area (Å²) in [4.78, 5) is 27.0. The van der Waals surface area contributed by atoms with Gasteiger partial charge in [-0.15, -0.1) is 0 Å². The van der Waals surface area contributed by atoms with Crippen molar-refractivity contribution in [3.8, 4) is 11.4 Å². The molecule has 6 rings (SSSR count). The maximum atomic E-state index is 14.7. The largest absolute Gasteiger partial charge is 0.490 e. The van der Waals surface area contributed by atoms with Crippen molar-refractivity contribution in [3.05, 3.63) is 71.8 Å². The van der Waals surface area contributed by atoms with Crippen LogP contribution in [0.25, 0.3) is 27.9 Å². The second kappa shape index (κ2) is 8.76. The highest BCUT2D eigenvalue weighted by molar-refractivity contribution is 5.89. The van der Waals surface area contributed by atoms with E-state index in [4.69, 9.17) is 4.74 Å². The molecule has 5 heterocycles. The van der Waals surface area contributed by atoms with Crippen LogP contribution in [0.15, 0.2) is 48.9 Å². The molecule has 0 aliphatic carbocycles. The number of benzene rings is 1. The number of hydrogen-bond acceptors (Lipinski definition) is 7. The number of fused-ring (bicyclic) bond motifs is 4. The molecule has 0 radical (unpaired) electrons. The van der Waals surface area contributed by atoms with Gasteiger partial charge in [-0.05, 0) is 30.3 Å². The van der Waals surface area contributed by atoms with E-state index in [0.29, 0.717) is 46.5 Å². The number of carbonyl (C=O) groups is 1. The number of rotatable bonds is 4. The molecule has 4 aromatic heterocycles. The van der Waals surface area contributed by atoms with Gasteiger partial charge in [-0.3, -0.25) is 9.72 Å². The van der Waals surface area contributed by atoms with E-state index in [-0.39, 0.29) is 17.3 Å². The van der Waals surface area contributed by atoms with Crippen molar-refractivity contribution >= 4 is 34.2 Å². The van der Waals surface area contributed by atoms with E-state index in [1.807, 2.05) is 0 Å². The summed E-state index contributed by atoms with van der Waals surface area (Å²) in [6.45, 7) is 0.306. The molecule has 38 heavy (non-hydrogen) atoms. The van der Waals surface area contributed by atoms with Crippen LogP contribution in [0.3, 0.4) is 0 Å². The lowest BCUT2D eigenvalue weighted by atomic mass is 10.0. The zero-order valence-electron chi connectivity index (χ0n) is 19.1.